The van der Waals surface area contributed by atoms with Crippen LogP contribution in [0.4, 0.5) is 9.59 Å². The van der Waals surface area contributed by atoms with Crippen molar-refractivity contribution in [3.05, 3.63) is 35.4 Å². The van der Waals surface area contributed by atoms with Crippen LogP contribution in [0.2, 0.25) is 0 Å². The van der Waals surface area contributed by atoms with Gasteiger partial charge in [-0.1, -0.05) is 24.3 Å². The number of hydrogen-bond donors (Lipinski definition) is 1. The third-order valence-electron chi connectivity index (χ3n) is 5.14. The number of likely N-dealkylation sites (tertiary alicyclic amines) is 1. The molecule has 1 aromatic carbocycles. The highest BCUT2D eigenvalue weighted by Gasteiger charge is 2.30. The van der Waals surface area contributed by atoms with Crippen molar-refractivity contribution in [1.29, 1.82) is 0 Å². The van der Waals surface area contributed by atoms with E-state index in [4.69, 9.17) is 4.74 Å². The van der Waals surface area contributed by atoms with Gasteiger partial charge in [0, 0.05) is 26.2 Å². The monoisotopic (exact) mass is 331 g/mol. The van der Waals surface area contributed by atoms with Gasteiger partial charge in [-0.05, 0) is 36.8 Å². The Labute approximate surface area is 142 Å². The molecule has 1 aliphatic heterocycles. The lowest BCUT2D eigenvalue weighted by atomic mass is 10.1. The zero-order valence-electron chi connectivity index (χ0n) is 14.3. The fraction of sp³-hybridized carbons (Fsp3) is 0.556. The SMILES string of the molecule is COC(=O)N1CCC(NC(=O)N(C)[C@H]2CCc3ccccc32)CC1. The molecule has 24 heavy (non-hydrogen) atoms. The predicted molar refractivity (Wildman–Crippen MR) is 90.8 cm³/mol. The zero-order chi connectivity index (χ0) is 17.1. The largest absolute Gasteiger partial charge is 0.453 e. The highest BCUT2D eigenvalue weighted by atomic mass is 16.5. The van der Waals surface area contributed by atoms with Gasteiger partial charge in [0.05, 0.1) is 13.2 Å². The smallest absolute Gasteiger partial charge is 0.409 e. The van der Waals surface area contributed by atoms with Crippen LogP contribution in [-0.4, -0.2) is 55.2 Å². The van der Waals surface area contributed by atoms with Crippen molar-refractivity contribution in [2.75, 3.05) is 27.2 Å². The molecule has 3 amide bonds. The minimum atomic E-state index is -0.292. The summed E-state index contributed by atoms with van der Waals surface area (Å²) in [4.78, 5) is 27.6. The average Bonchev–Trinajstić information content (AvgIpc) is 3.05. The van der Waals surface area contributed by atoms with Gasteiger partial charge < -0.3 is 19.9 Å². The van der Waals surface area contributed by atoms with Crippen LogP contribution in [0.5, 0.6) is 0 Å². The number of methoxy groups -OCH3 is 1. The predicted octanol–water partition coefficient (Wildman–Crippen LogP) is 2.55. The molecule has 2 aliphatic rings. The van der Waals surface area contributed by atoms with Crippen LogP contribution in [0.15, 0.2) is 24.3 Å². The average molecular weight is 331 g/mol. The molecule has 1 aliphatic carbocycles. The summed E-state index contributed by atoms with van der Waals surface area (Å²) in [6.07, 6.45) is 3.23. The van der Waals surface area contributed by atoms with Crippen molar-refractivity contribution in [2.24, 2.45) is 0 Å². The molecule has 1 aromatic rings. The van der Waals surface area contributed by atoms with Gasteiger partial charge in [0.25, 0.3) is 0 Å². The quantitative estimate of drug-likeness (QED) is 0.906. The minimum Gasteiger partial charge on any atom is -0.453 e. The number of ether oxygens (including phenoxy) is 1. The lowest BCUT2D eigenvalue weighted by Crippen LogP contribution is -2.49. The lowest BCUT2D eigenvalue weighted by Gasteiger charge is -2.33. The van der Waals surface area contributed by atoms with Gasteiger partial charge in [0.2, 0.25) is 0 Å². The Hall–Kier alpha value is -2.24. The van der Waals surface area contributed by atoms with E-state index in [2.05, 4.69) is 23.5 Å². The molecule has 1 N–H and O–H groups in total. The second kappa shape index (κ2) is 7.11. The lowest BCUT2D eigenvalue weighted by molar-refractivity contribution is 0.109. The Bertz CT molecular complexity index is 611. The van der Waals surface area contributed by atoms with Gasteiger partial charge in [-0.3, -0.25) is 0 Å². The Morgan fingerprint density at radius 2 is 1.92 bits per heavy atom. The van der Waals surface area contributed by atoms with Gasteiger partial charge in [-0.2, -0.15) is 0 Å². The fourth-order valence-electron chi connectivity index (χ4n) is 3.69. The van der Waals surface area contributed by atoms with E-state index < -0.39 is 0 Å². The summed E-state index contributed by atoms with van der Waals surface area (Å²) >= 11 is 0. The standard InChI is InChI=1S/C18H25N3O3/c1-20(16-8-7-13-5-3-4-6-15(13)16)17(22)19-14-9-11-21(12-10-14)18(23)24-2/h3-6,14,16H,7-12H2,1-2H3,(H,19,22)/t16-/m0/s1. The molecule has 0 saturated carbocycles. The minimum absolute atomic E-state index is 0.0341. The molecular weight excluding hydrogens is 306 g/mol. The van der Waals surface area contributed by atoms with Gasteiger partial charge in [0.15, 0.2) is 0 Å². The first kappa shape index (κ1) is 16.6. The third kappa shape index (κ3) is 3.32. The number of aryl methyl sites for hydroxylation is 1. The summed E-state index contributed by atoms with van der Waals surface area (Å²) in [5.41, 5.74) is 2.60. The number of benzene rings is 1. The van der Waals surface area contributed by atoms with Crippen LogP contribution >= 0.6 is 0 Å². The summed E-state index contributed by atoms with van der Waals surface area (Å²) in [5.74, 6) is 0. The number of nitrogens with zero attached hydrogens (tertiary/aromatic N) is 2. The highest BCUT2D eigenvalue weighted by molar-refractivity contribution is 5.75. The van der Waals surface area contributed by atoms with Crippen LogP contribution < -0.4 is 5.32 Å². The van der Waals surface area contributed by atoms with Crippen LogP contribution in [0.1, 0.15) is 36.4 Å². The number of nitrogens with one attached hydrogen (secondary N) is 1. The van der Waals surface area contributed by atoms with E-state index in [0.29, 0.717) is 13.1 Å². The second-order valence-electron chi connectivity index (χ2n) is 6.55. The summed E-state index contributed by atoms with van der Waals surface area (Å²) < 4.78 is 4.74. The molecule has 1 atom stereocenters. The molecule has 0 radical (unpaired) electrons. The van der Waals surface area contributed by atoms with Crippen LogP contribution in [0, 0.1) is 0 Å². The molecule has 1 saturated heterocycles. The van der Waals surface area contributed by atoms with E-state index in [1.165, 1.54) is 18.2 Å². The summed E-state index contributed by atoms with van der Waals surface area (Å²) in [6.45, 7) is 1.24. The van der Waals surface area contributed by atoms with Crippen LogP contribution in [-0.2, 0) is 11.2 Å². The Kier molecular flexibility index (Phi) is 4.92. The Morgan fingerprint density at radius 3 is 2.62 bits per heavy atom. The summed E-state index contributed by atoms with van der Waals surface area (Å²) in [6, 6.07) is 8.57. The molecule has 1 heterocycles. The topological polar surface area (TPSA) is 61.9 Å². The number of piperidine rings is 1. The van der Waals surface area contributed by atoms with Crippen molar-refractivity contribution in [2.45, 2.75) is 37.8 Å². The molecular formula is C18H25N3O3. The zero-order valence-corrected chi connectivity index (χ0v) is 14.3. The first-order valence-electron chi connectivity index (χ1n) is 8.54. The molecule has 0 unspecified atom stereocenters. The molecule has 3 rings (SSSR count). The van der Waals surface area contributed by atoms with Gasteiger partial charge >= 0.3 is 12.1 Å². The van der Waals surface area contributed by atoms with E-state index >= 15 is 0 Å². The molecule has 0 spiro atoms. The Balaban J connectivity index is 1.54. The van der Waals surface area contributed by atoms with Crippen molar-refractivity contribution >= 4 is 12.1 Å². The maximum absolute atomic E-state index is 12.6. The molecule has 6 nitrogen and oxygen atoms in total. The maximum Gasteiger partial charge on any atom is 0.409 e. The third-order valence-corrected chi connectivity index (χ3v) is 5.14. The van der Waals surface area contributed by atoms with Crippen LogP contribution in [0.3, 0.4) is 0 Å². The fourth-order valence-corrected chi connectivity index (χ4v) is 3.69. The number of fused-ring (bicyclic) bond motifs is 1. The second-order valence-corrected chi connectivity index (χ2v) is 6.55. The van der Waals surface area contributed by atoms with E-state index in [0.717, 1.165) is 25.7 Å². The first-order valence-corrected chi connectivity index (χ1v) is 8.54. The van der Waals surface area contributed by atoms with Crippen molar-refractivity contribution in [1.82, 2.24) is 15.1 Å². The van der Waals surface area contributed by atoms with Crippen molar-refractivity contribution in [3.63, 3.8) is 0 Å². The van der Waals surface area contributed by atoms with E-state index in [-0.39, 0.29) is 24.2 Å². The first-order chi connectivity index (χ1) is 11.6. The molecule has 0 aromatic heterocycles. The number of carbonyl (C=O) groups is 2. The molecule has 1 fully saturated rings. The van der Waals surface area contributed by atoms with E-state index in [1.54, 1.807) is 4.90 Å². The van der Waals surface area contributed by atoms with Gasteiger partial charge in [-0.25, -0.2) is 9.59 Å². The van der Waals surface area contributed by atoms with Crippen molar-refractivity contribution < 1.29 is 14.3 Å². The summed E-state index contributed by atoms with van der Waals surface area (Å²) in [5, 5.41) is 3.11. The van der Waals surface area contributed by atoms with Crippen LogP contribution in [0.25, 0.3) is 0 Å². The number of rotatable bonds is 2. The normalized spacial score (nSPS) is 20.4. The number of carbonyl (C=O) groups excluding carboxylic acids is 2. The van der Waals surface area contributed by atoms with E-state index in [1.807, 2.05) is 18.0 Å². The number of urea groups is 1. The summed E-state index contributed by atoms with van der Waals surface area (Å²) in [7, 11) is 3.26. The Morgan fingerprint density at radius 1 is 1.21 bits per heavy atom. The molecule has 0 bridgehead atoms. The number of hydrogen-bond acceptors (Lipinski definition) is 3. The van der Waals surface area contributed by atoms with Crippen molar-refractivity contribution in [3.8, 4) is 0 Å². The highest BCUT2D eigenvalue weighted by Crippen LogP contribution is 2.34. The van der Waals surface area contributed by atoms with Gasteiger partial charge in [-0.15, -0.1) is 0 Å². The number of amides is 3. The maximum atomic E-state index is 12.6. The molecule has 6 heteroatoms. The van der Waals surface area contributed by atoms with E-state index in [9.17, 15) is 9.59 Å². The molecule has 130 valence electrons. The van der Waals surface area contributed by atoms with Gasteiger partial charge in [0.1, 0.15) is 0 Å².